The molecular formula is C37H55NO2. The van der Waals surface area contributed by atoms with Crippen LogP contribution in [0.5, 0.6) is 11.5 Å². The zero-order valence-electron chi connectivity index (χ0n) is 25.9. The molecule has 0 aromatic heterocycles. The Hall–Kier alpha value is -2.55. The van der Waals surface area contributed by atoms with Crippen molar-refractivity contribution in [3.63, 3.8) is 0 Å². The molecule has 0 saturated heterocycles. The van der Waals surface area contributed by atoms with E-state index < -0.39 is 0 Å². The average molecular weight is 546 g/mol. The van der Waals surface area contributed by atoms with Crippen LogP contribution in [0.1, 0.15) is 138 Å². The van der Waals surface area contributed by atoms with Gasteiger partial charge in [-0.2, -0.15) is 0 Å². The van der Waals surface area contributed by atoms with Gasteiger partial charge in [0.1, 0.15) is 11.5 Å². The number of unbranched alkanes of at least 4 members (excludes halogenated alkanes) is 4. The van der Waals surface area contributed by atoms with Crippen molar-refractivity contribution >= 4 is 12.3 Å². The minimum Gasteiger partial charge on any atom is -0.507 e. The van der Waals surface area contributed by atoms with Gasteiger partial charge in [-0.1, -0.05) is 90.5 Å². The molecule has 0 unspecified atom stereocenters. The third kappa shape index (κ3) is 9.53. The van der Waals surface area contributed by atoms with E-state index in [0.717, 1.165) is 92.9 Å². The van der Waals surface area contributed by atoms with Crippen LogP contribution in [0.25, 0.3) is 6.08 Å². The van der Waals surface area contributed by atoms with E-state index in [0.29, 0.717) is 17.4 Å². The molecule has 0 radical (unpaired) electrons. The molecule has 2 aromatic rings. The van der Waals surface area contributed by atoms with Crippen LogP contribution < -0.4 is 0 Å². The molecule has 3 nitrogen and oxygen atoms in total. The fourth-order valence-corrected chi connectivity index (χ4v) is 5.92. The Morgan fingerprint density at radius 1 is 0.675 bits per heavy atom. The predicted molar refractivity (Wildman–Crippen MR) is 173 cm³/mol. The minimum absolute atomic E-state index is 0.202. The fourth-order valence-electron chi connectivity index (χ4n) is 5.92. The molecule has 3 heteroatoms. The van der Waals surface area contributed by atoms with Crippen molar-refractivity contribution in [2.45, 2.75) is 136 Å². The Kier molecular flexibility index (Phi) is 13.8. The molecule has 3 rings (SSSR count). The summed E-state index contributed by atoms with van der Waals surface area (Å²) in [4.78, 5) is 5.09. The van der Waals surface area contributed by atoms with Crippen LogP contribution in [-0.4, -0.2) is 22.5 Å². The first-order valence-corrected chi connectivity index (χ1v) is 16.4. The number of aliphatic imine (C=N–C) groups is 1. The van der Waals surface area contributed by atoms with Crippen molar-refractivity contribution in [1.82, 2.24) is 0 Å². The van der Waals surface area contributed by atoms with E-state index in [1.165, 1.54) is 43.2 Å². The van der Waals surface area contributed by atoms with E-state index in [-0.39, 0.29) is 6.04 Å². The molecule has 1 aliphatic carbocycles. The van der Waals surface area contributed by atoms with Gasteiger partial charge < -0.3 is 10.2 Å². The Bertz CT molecular complexity index is 1010. The lowest BCUT2D eigenvalue weighted by Crippen LogP contribution is -2.21. The number of nitrogens with zero attached hydrogens (tertiary/aromatic N) is 1. The van der Waals surface area contributed by atoms with Gasteiger partial charge in [-0.3, -0.25) is 4.99 Å². The van der Waals surface area contributed by atoms with Crippen LogP contribution in [0.3, 0.4) is 0 Å². The number of aryl methyl sites for hydroxylation is 4. The summed E-state index contributed by atoms with van der Waals surface area (Å²) < 4.78 is 0. The van der Waals surface area contributed by atoms with Crippen LogP contribution in [0.2, 0.25) is 0 Å². The number of hydrogen-bond donors (Lipinski definition) is 2. The summed E-state index contributed by atoms with van der Waals surface area (Å²) in [6.45, 7) is 8.86. The molecule has 0 heterocycles. The molecular weight excluding hydrogens is 490 g/mol. The van der Waals surface area contributed by atoms with Gasteiger partial charge in [-0.15, -0.1) is 0 Å². The molecule has 1 aliphatic rings. The largest absolute Gasteiger partial charge is 0.507 e. The maximum Gasteiger partial charge on any atom is 0.127 e. The van der Waals surface area contributed by atoms with Gasteiger partial charge in [-0.05, 0) is 105 Å². The SMILES string of the molecule is CCCCc1cc(/C=C/[C@H]2CCCC[C@@H]2/N=C/c2cc(CCCC)cc(CCCC)c2O)c(O)c(CCCC)c1. The Morgan fingerprint density at radius 2 is 1.18 bits per heavy atom. The number of benzene rings is 2. The zero-order chi connectivity index (χ0) is 28.7. The summed E-state index contributed by atoms with van der Waals surface area (Å²) in [6.07, 6.45) is 24.1. The van der Waals surface area contributed by atoms with Gasteiger partial charge in [0.15, 0.2) is 0 Å². The van der Waals surface area contributed by atoms with E-state index in [9.17, 15) is 10.2 Å². The van der Waals surface area contributed by atoms with Crippen molar-refractivity contribution in [2.24, 2.45) is 10.9 Å². The molecule has 1 fully saturated rings. The average Bonchev–Trinajstić information content (AvgIpc) is 2.97. The molecule has 0 bridgehead atoms. The Morgan fingerprint density at radius 3 is 1.75 bits per heavy atom. The molecule has 2 atom stereocenters. The van der Waals surface area contributed by atoms with E-state index in [1.807, 2.05) is 6.21 Å². The van der Waals surface area contributed by atoms with Crippen molar-refractivity contribution in [2.75, 3.05) is 0 Å². The monoisotopic (exact) mass is 545 g/mol. The number of phenols is 2. The third-order valence-electron chi connectivity index (χ3n) is 8.50. The van der Waals surface area contributed by atoms with Gasteiger partial charge in [0.2, 0.25) is 0 Å². The van der Waals surface area contributed by atoms with Gasteiger partial charge in [0, 0.05) is 17.3 Å². The van der Waals surface area contributed by atoms with Crippen LogP contribution in [0.15, 0.2) is 35.3 Å². The predicted octanol–water partition coefficient (Wildman–Crippen LogP) is 10.2. The quantitative estimate of drug-likeness (QED) is 0.206. The second-order valence-electron chi connectivity index (χ2n) is 12.0. The van der Waals surface area contributed by atoms with Crippen LogP contribution >= 0.6 is 0 Å². The smallest absolute Gasteiger partial charge is 0.127 e. The lowest BCUT2D eigenvalue weighted by molar-refractivity contribution is 0.365. The Balaban J connectivity index is 1.85. The maximum atomic E-state index is 11.1. The number of aromatic hydroxyl groups is 2. The van der Waals surface area contributed by atoms with E-state index >= 15 is 0 Å². The third-order valence-corrected chi connectivity index (χ3v) is 8.50. The van der Waals surface area contributed by atoms with Gasteiger partial charge in [0.05, 0.1) is 6.04 Å². The summed E-state index contributed by atoms with van der Waals surface area (Å²) in [5, 5.41) is 22.2. The summed E-state index contributed by atoms with van der Waals surface area (Å²) >= 11 is 0. The number of phenolic OH excluding ortho intramolecular Hbond substituents is 2. The van der Waals surface area contributed by atoms with Crippen molar-refractivity contribution in [1.29, 1.82) is 0 Å². The second kappa shape index (κ2) is 17.3. The van der Waals surface area contributed by atoms with Crippen molar-refractivity contribution in [3.05, 3.63) is 63.7 Å². The standard InChI is InChI=1S/C37H55NO2/c1-5-9-15-28-23-31(17-11-7-3)36(39)33(25-28)22-21-30-19-13-14-20-35(30)38-27-34-26-29(16-10-6-2)24-32(37(34)40)18-12-8-4/h21-27,30,35,39-40H,5-20H2,1-4H3/b22-21+,38-27+/t30-,35+/m1/s1. The highest BCUT2D eigenvalue weighted by atomic mass is 16.3. The molecule has 40 heavy (non-hydrogen) atoms. The molecule has 1 saturated carbocycles. The molecule has 0 aliphatic heterocycles. The van der Waals surface area contributed by atoms with E-state index in [2.05, 4.69) is 64.1 Å². The summed E-state index contributed by atoms with van der Waals surface area (Å²) in [6, 6.07) is 8.97. The van der Waals surface area contributed by atoms with Gasteiger partial charge in [0.25, 0.3) is 0 Å². The molecule has 0 spiro atoms. The van der Waals surface area contributed by atoms with Crippen LogP contribution in [0, 0.1) is 5.92 Å². The van der Waals surface area contributed by atoms with Gasteiger partial charge >= 0.3 is 0 Å². The lowest BCUT2D eigenvalue weighted by atomic mass is 9.84. The van der Waals surface area contributed by atoms with E-state index in [4.69, 9.17) is 4.99 Å². The van der Waals surface area contributed by atoms with Gasteiger partial charge in [-0.25, -0.2) is 0 Å². The van der Waals surface area contributed by atoms with Crippen LogP contribution in [0.4, 0.5) is 0 Å². The first-order valence-electron chi connectivity index (χ1n) is 16.4. The highest BCUT2D eigenvalue weighted by Crippen LogP contribution is 2.33. The fraction of sp³-hybridized carbons (Fsp3) is 0.595. The van der Waals surface area contributed by atoms with Crippen LogP contribution in [-0.2, 0) is 25.7 Å². The second-order valence-corrected chi connectivity index (χ2v) is 12.0. The topological polar surface area (TPSA) is 52.8 Å². The summed E-state index contributed by atoms with van der Waals surface area (Å²) in [7, 11) is 0. The molecule has 2 N–H and O–H groups in total. The highest BCUT2D eigenvalue weighted by Gasteiger charge is 2.22. The van der Waals surface area contributed by atoms with Crippen molar-refractivity contribution in [3.8, 4) is 11.5 Å². The van der Waals surface area contributed by atoms with Crippen molar-refractivity contribution < 1.29 is 10.2 Å². The summed E-state index contributed by atoms with van der Waals surface area (Å²) in [5.74, 6) is 1.20. The van der Waals surface area contributed by atoms with E-state index in [1.54, 1.807) is 0 Å². The maximum absolute atomic E-state index is 11.1. The minimum atomic E-state index is 0.202. The summed E-state index contributed by atoms with van der Waals surface area (Å²) in [5.41, 5.74) is 6.62. The first kappa shape index (κ1) is 32.0. The molecule has 220 valence electrons. The normalized spacial score (nSPS) is 17.8. The molecule has 0 amide bonds. The first-order chi connectivity index (χ1) is 19.5. The lowest BCUT2D eigenvalue weighted by Gasteiger charge is -2.26. The number of rotatable bonds is 16. The zero-order valence-corrected chi connectivity index (χ0v) is 25.9. The Labute approximate surface area is 244 Å². The highest BCUT2D eigenvalue weighted by molar-refractivity contribution is 5.84. The molecule has 2 aromatic carbocycles. The number of hydrogen-bond acceptors (Lipinski definition) is 3.